The summed E-state index contributed by atoms with van der Waals surface area (Å²) in [5.74, 6) is -0.0136. The summed E-state index contributed by atoms with van der Waals surface area (Å²) < 4.78 is 10.4. The molecule has 0 unspecified atom stereocenters. The molecule has 0 saturated heterocycles. The fourth-order valence-electron chi connectivity index (χ4n) is 2.77. The molecule has 0 saturated carbocycles. The predicted octanol–water partition coefficient (Wildman–Crippen LogP) is 3.00. The van der Waals surface area contributed by atoms with Crippen LogP contribution >= 0.6 is 11.8 Å². The van der Waals surface area contributed by atoms with E-state index >= 15 is 0 Å². The van der Waals surface area contributed by atoms with Crippen molar-refractivity contribution in [2.45, 2.75) is 51.4 Å². The van der Waals surface area contributed by atoms with E-state index in [4.69, 9.17) is 9.47 Å². The SMILES string of the molecule is COc1ccc(CNC(=O)[C@H](C)OC(=O)CCc2c(C)nc(SC)nc2C)cc1. The van der Waals surface area contributed by atoms with E-state index in [-0.39, 0.29) is 12.3 Å². The molecule has 0 radical (unpaired) electrons. The normalized spacial score (nSPS) is 11.6. The quantitative estimate of drug-likeness (QED) is 0.381. The number of aromatic nitrogens is 2. The molecule has 1 N–H and O–H groups in total. The van der Waals surface area contributed by atoms with Gasteiger partial charge in [0.1, 0.15) is 5.75 Å². The number of aryl methyl sites for hydroxylation is 2. The molecule has 1 heterocycles. The molecular formula is C21H27N3O4S. The molecule has 29 heavy (non-hydrogen) atoms. The molecule has 2 aromatic rings. The summed E-state index contributed by atoms with van der Waals surface area (Å²) in [6.45, 7) is 5.73. The second kappa shape index (κ2) is 10.8. The van der Waals surface area contributed by atoms with E-state index in [9.17, 15) is 9.59 Å². The largest absolute Gasteiger partial charge is 0.497 e. The van der Waals surface area contributed by atoms with Crippen molar-refractivity contribution in [3.8, 4) is 5.75 Å². The Kier molecular flexibility index (Phi) is 8.45. The van der Waals surface area contributed by atoms with Gasteiger partial charge in [0.15, 0.2) is 11.3 Å². The van der Waals surface area contributed by atoms with Crippen LogP contribution in [0.5, 0.6) is 5.75 Å². The fourth-order valence-corrected chi connectivity index (χ4v) is 3.23. The highest BCUT2D eigenvalue weighted by Gasteiger charge is 2.18. The smallest absolute Gasteiger partial charge is 0.306 e. The molecule has 0 aliphatic carbocycles. The third-order valence-corrected chi connectivity index (χ3v) is 5.01. The molecule has 156 valence electrons. The van der Waals surface area contributed by atoms with Gasteiger partial charge in [-0.2, -0.15) is 0 Å². The van der Waals surface area contributed by atoms with Gasteiger partial charge in [0.05, 0.1) is 7.11 Å². The molecule has 0 aliphatic rings. The van der Waals surface area contributed by atoms with Crippen LogP contribution in [-0.2, 0) is 27.3 Å². The number of benzene rings is 1. The Morgan fingerprint density at radius 3 is 2.31 bits per heavy atom. The lowest BCUT2D eigenvalue weighted by Gasteiger charge is -2.14. The number of nitrogens with zero attached hydrogens (tertiary/aromatic N) is 2. The number of thioether (sulfide) groups is 1. The van der Waals surface area contributed by atoms with Gasteiger partial charge in [-0.05, 0) is 56.7 Å². The number of hydrogen-bond acceptors (Lipinski definition) is 7. The van der Waals surface area contributed by atoms with Crippen molar-refractivity contribution in [1.82, 2.24) is 15.3 Å². The van der Waals surface area contributed by atoms with Gasteiger partial charge in [0.25, 0.3) is 5.91 Å². The van der Waals surface area contributed by atoms with Gasteiger partial charge in [-0.1, -0.05) is 23.9 Å². The first-order valence-electron chi connectivity index (χ1n) is 9.32. The minimum absolute atomic E-state index is 0.166. The fraction of sp³-hybridized carbons (Fsp3) is 0.429. The van der Waals surface area contributed by atoms with Crippen LogP contribution in [0.1, 0.15) is 35.9 Å². The van der Waals surface area contributed by atoms with Crippen molar-refractivity contribution < 1.29 is 19.1 Å². The summed E-state index contributed by atoms with van der Waals surface area (Å²) >= 11 is 1.48. The number of hydrogen-bond donors (Lipinski definition) is 1. The Morgan fingerprint density at radius 2 is 1.76 bits per heavy atom. The van der Waals surface area contributed by atoms with Crippen LogP contribution in [0.15, 0.2) is 29.4 Å². The predicted molar refractivity (Wildman–Crippen MR) is 112 cm³/mol. The highest BCUT2D eigenvalue weighted by Crippen LogP contribution is 2.17. The number of rotatable bonds is 9. The molecule has 1 aromatic heterocycles. The van der Waals surface area contributed by atoms with Crippen molar-refractivity contribution in [1.29, 1.82) is 0 Å². The van der Waals surface area contributed by atoms with Crippen LogP contribution in [0.3, 0.4) is 0 Å². The molecule has 0 fully saturated rings. The number of nitrogens with one attached hydrogen (secondary N) is 1. The summed E-state index contributed by atoms with van der Waals surface area (Å²) in [4.78, 5) is 33.2. The van der Waals surface area contributed by atoms with E-state index in [2.05, 4.69) is 15.3 Å². The van der Waals surface area contributed by atoms with Crippen LogP contribution < -0.4 is 10.1 Å². The summed E-state index contributed by atoms with van der Waals surface area (Å²) in [6, 6.07) is 7.38. The van der Waals surface area contributed by atoms with Gasteiger partial charge in [0, 0.05) is 24.4 Å². The van der Waals surface area contributed by atoms with Gasteiger partial charge in [-0.15, -0.1) is 0 Å². The van der Waals surface area contributed by atoms with Gasteiger partial charge in [-0.3, -0.25) is 9.59 Å². The lowest BCUT2D eigenvalue weighted by molar-refractivity contribution is -0.154. The highest BCUT2D eigenvalue weighted by molar-refractivity contribution is 7.98. The number of amides is 1. The first kappa shape index (κ1) is 22.7. The van der Waals surface area contributed by atoms with E-state index in [0.29, 0.717) is 18.1 Å². The second-order valence-electron chi connectivity index (χ2n) is 6.56. The summed E-state index contributed by atoms with van der Waals surface area (Å²) in [7, 11) is 1.60. The molecule has 0 aliphatic heterocycles. The zero-order valence-electron chi connectivity index (χ0n) is 17.4. The summed E-state index contributed by atoms with van der Waals surface area (Å²) in [6.07, 6.45) is 1.70. The first-order chi connectivity index (χ1) is 13.8. The Labute approximate surface area is 175 Å². The van der Waals surface area contributed by atoms with E-state index in [0.717, 1.165) is 28.3 Å². The maximum absolute atomic E-state index is 12.2. The molecule has 0 spiro atoms. The second-order valence-corrected chi connectivity index (χ2v) is 7.33. The van der Waals surface area contributed by atoms with E-state index in [1.165, 1.54) is 11.8 Å². The standard InChI is InChI=1S/C21H27N3O4S/c1-13-18(14(2)24-21(23-13)29-5)10-11-19(25)28-15(3)20(26)22-12-16-6-8-17(27-4)9-7-16/h6-9,15H,10-12H2,1-5H3,(H,22,26)/t15-/m0/s1. The maximum Gasteiger partial charge on any atom is 0.306 e. The molecule has 1 amide bonds. The van der Waals surface area contributed by atoms with Gasteiger partial charge in [-0.25, -0.2) is 9.97 Å². The van der Waals surface area contributed by atoms with E-state index in [1.54, 1.807) is 14.0 Å². The highest BCUT2D eigenvalue weighted by atomic mass is 32.2. The minimum atomic E-state index is -0.863. The van der Waals surface area contributed by atoms with Crippen LogP contribution in [0, 0.1) is 13.8 Å². The van der Waals surface area contributed by atoms with Crippen LogP contribution in [0.25, 0.3) is 0 Å². The minimum Gasteiger partial charge on any atom is -0.497 e. The topological polar surface area (TPSA) is 90.4 Å². The molecular weight excluding hydrogens is 390 g/mol. The Bertz CT molecular complexity index is 832. The van der Waals surface area contributed by atoms with Crippen LogP contribution in [0.2, 0.25) is 0 Å². The molecule has 0 bridgehead atoms. The average molecular weight is 418 g/mol. The number of carbonyl (C=O) groups is 2. The van der Waals surface area contributed by atoms with E-state index in [1.807, 2.05) is 44.4 Å². The van der Waals surface area contributed by atoms with Crippen LogP contribution in [-0.4, -0.2) is 41.3 Å². The van der Waals surface area contributed by atoms with Crippen molar-refractivity contribution in [3.05, 3.63) is 46.8 Å². The monoisotopic (exact) mass is 417 g/mol. The van der Waals surface area contributed by atoms with Crippen LogP contribution in [0.4, 0.5) is 0 Å². The first-order valence-corrected chi connectivity index (χ1v) is 10.5. The number of ether oxygens (including phenoxy) is 2. The van der Waals surface area contributed by atoms with Crippen molar-refractivity contribution >= 4 is 23.6 Å². The van der Waals surface area contributed by atoms with Crippen molar-refractivity contribution in [3.63, 3.8) is 0 Å². The van der Waals surface area contributed by atoms with Crippen molar-refractivity contribution in [2.24, 2.45) is 0 Å². The number of methoxy groups -OCH3 is 1. The molecule has 1 atom stereocenters. The zero-order valence-corrected chi connectivity index (χ0v) is 18.3. The summed E-state index contributed by atoms with van der Waals surface area (Å²) in [5, 5.41) is 3.48. The van der Waals surface area contributed by atoms with Gasteiger partial charge >= 0.3 is 5.97 Å². The molecule has 2 rings (SSSR count). The zero-order chi connectivity index (χ0) is 21.4. The number of esters is 1. The Hall–Kier alpha value is -2.61. The third kappa shape index (κ3) is 6.74. The average Bonchev–Trinajstić information content (AvgIpc) is 2.71. The molecule has 1 aromatic carbocycles. The molecule has 8 heteroatoms. The number of carbonyl (C=O) groups excluding carboxylic acids is 2. The van der Waals surface area contributed by atoms with E-state index < -0.39 is 12.1 Å². The Morgan fingerprint density at radius 1 is 1.14 bits per heavy atom. The lowest BCUT2D eigenvalue weighted by atomic mass is 10.1. The molecule has 7 nitrogen and oxygen atoms in total. The Balaban J connectivity index is 1.81. The van der Waals surface area contributed by atoms with Gasteiger partial charge in [0.2, 0.25) is 0 Å². The maximum atomic E-state index is 12.2. The third-order valence-electron chi connectivity index (χ3n) is 4.47. The lowest BCUT2D eigenvalue weighted by Crippen LogP contribution is -2.35. The van der Waals surface area contributed by atoms with Gasteiger partial charge < -0.3 is 14.8 Å². The van der Waals surface area contributed by atoms with Crippen molar-refractivity contribution in [2.75, 3.05) is 13.4 Å². The summed E-state index contributed by atoms with van der Waals surface area (Å²) in [5.41, 5.74) is 3.59.